The van der Waals surface area contributed by atoms with Crippen molar-refractivity contribution in [2.45, 2.75) is 51.8 Å². The molecule has 3 N–H and O–H groups in total. The molecule has 1 saturated heterocycles. The van der Waals surface area contributed by atoms with Gasteiger partial charge in [0, 0.05) is 42.2 Å². The highest BCUT2D eigenvalue weighted by Crippen LogP contribution is 2.32. The molecule has 36 heavy (non-hydrogen) atoms. The van der Waals surface area contributed by atoms with E-state index in [9.17, 15) is 13.6 Å². The SMILES string of the molecule is COc1cc(Nc2cc(N)nc(C(F)F)n2)ncc1-c1cnn(C[C@@H]2CCN2C(=O)OC(C)(C)C)c1. The third kappa shape index (κ3) is 5.78. The molecule has 1 fully saturated rings. The van der Waals surface area contributed by atoms with Gasteiger partial charge < -0.3 is 25.4 Å². The van der Waals surface area contributed by atoms with Crippen LogP contribution in [0.5, 0.6) is 5.75 Å². The first-order valence-corrected chi connectivity index (χ1v) is 11.3. The fourth-order valence-electron chi connectivity index (χ4n) is 3.68. The van der Waals surface area contributed by atoms with E-state index in [-0.39, 0.29) is 23.8 Å². The minimum atomic E-state index is -2.85. The van der Waals surface area contributed by atoms with Crippen molar-refractivity contribution in [2.75, 3.05) is 24.7 Å². The maximum absolute atomic E-state index is 13.0. The van der Waals surface area contributed by atoms with E-state index in [0.29, 0.717) is 30.2 Å². The molecule has 0 saturated carbocycles. The van der Waals surface area contributed by atoms with Gasteiger partial charge in [-0.1, -0.05) is 0 Å². The lowest BCUT2D eigenvalue weighted by Crippen LogP contribution is -2.54. The summed E-state index contributed by atoms with van der Waals surface area (Å²) < 4.78 is 38.7. The fourth-order valence-corrected chi connectivity index (χ4v) is 3.68. The molecule has 1 aliphatic rings. The molecule has 0 radical (unpaired) electrons. The van der Waals surface area contributed by atoms with E-state index in [0.717, 1.165) is 12.0 Å². The Morgan fingerprint density at radius 1 is 1.25 bits per heavy atom. The number of aromatic nitrogens is 5. The van der Waals surface area contributed by atoms with E-state index in [4.69, 9.17) is 15.2 Å². The highest BCUT2D eigenvalue weighted by molar-refractivity contribution is 5.71. The summed E-state index contributed by atoms with van der Waals surface area (Å²) in [6.45, 7) is 6.69. The number of carbonyl (C=O) groups excluding carboxylic acids is 1. The van der Waals surface area contributed by atoms with Gasteiger partial charge in [-0.15, -0.1) is 0 Å². The van der Waals surface area contributed by atoms with E-state index < -0.39 is 17.9 Å². The summed E-state index contributed by atoms with van der Waals surface area (Å²) in [5.41, 5.74) is 6.50. The van der Waals surface area contributed by atoms with Crippen LogP contribution >= 0.6 is 0 Å². The lowest BCUT2D eigenvalue weighted by Gasteiger charge is -2.41. The quantitative estimate of drug-likeness (QED) is 0.491. The second-order valence-electron chi connectivity index (χ2n) is 9.30. The zero-order valence-corrected chi connectivity index (χ0v) is 20.4. The summed E-state index contributed by atoms with van der Waals surface area (Å²) in [7, 11) is 1.51. The molecule has 1 amide bonds. The van der Waals surface area contributed by atoms with E-state index in [2.05, 4.69) is 25.4 Å². The first-order chi connectivity index (χ1) is 17.0. The Kier molecular flexibility index (Phi) is 6.91. The first kappa shape index (κ1) is 25.1. The number of halogens is 2. The predicted molar refractivity (Wildman–Crippen MR) is 128 cm³/mol. The number of nitrogens with zero attached hydrogens (tertiary/aromatic N) is 6. The minimum Gasteiger partial charge on any atom is -0.496 e. The highest BCUT2D eigenvalue weighted by atomic mass is 19.3. The van der Waals surface area contributed by atoms with Gasteiger partial charge in [-0.05, 0) is 27.2 Å². The van der Waals surface area contributed by atoms with Crippen LogP contribution in [0.15, 0.2) is 30.7 Å². The maximum Gasteiger partial charge on any atom is 0.410 e. The summed E-state index contributed by atoms with van der Waals surface area (Å²) in [5, 5.41) is 7.27. The second-order valence-corrected chi connectivity index (χ2v) is 9.30. The molecule has 13 heteroatoms. The fraction of sp³-hybridized carbons (Fsp3) is 0.435. The van der Waals surface area contributed by atoms with Crippen LogP contribution in [-0.2, 0) is 11.3 Å². The van der Waals surface area contributed by atoms with Crippen LogP contribution in [-0.4, -0.2) is 61.0 Å². The number of methoxy groups -OCH3 is 1. The van der Waals surface area contributed by atoms with E-state index in [1.54, 1.807) is 28.0 Å². The molecule has 192 valence electrons. The number of carbonyl (C=O) groups is 1. The molecule has 3 aromatic rings. The number of alkyl halides is 2. The molecule has 11 nitrogen and oxygen atoms in total. The van der Waals surface area contributed by atoms with Gasteiger partial charge in [0.05, 0.1) is 25.9 Å². The number of nitrogens with two attached hydrogens (primary N) is 1. The number of pyridine rings is 1. The normalized spacial score (nSPS) is 15.5. The van der Waals surface area contributed by atoms with Crippen LogP contribution < -0.4 is 15.8 Å². The zero-order valence-electron chi connectivity index (χ0n) is 20.4. The summed E-state index contributed by atoms with van der Waals surface area (Å²) in [6, 6.07) is 2.94. The summed E-state index contributed by atoms with van der Waals surface area (Å²) in [6.07, 6.45) is 2.79. The molecule has 0 aliphatic carbocycles. The summed E-state index contributed by atoms with van der Waals surface area (Å²) in [5.74, 6) is 0.134. The van der Waals surface area contributed by atoms with Crippen molar-refractivity contribution in [3.8, 4) is 16.9 Å². The number of amides is 1. The number of anilines is 3. The Balaban J connectivity index is 1.47. The third-order valence-electron chi connectivity index (χ3n) is 5.41. The topological polar surface area (TPSA) is 133 Å². The lowest BCUT2D eigenvalue weighted by molar-refractivity contribution is -0.00884. The van der Waals surface area contributed by atoms with Crippen LogP contribution in [0.4, 0.5) is 31.0 Å². The zero-order chi connectivity index (χ0) is 26.0. The second kappa shape index (κ2) is 9.91. The van der Waals surface area contributed by atoms with E-state index in [1.165, 1.54) is 13.2 Å². The van der Waals surface area contributed by atoms with E-state index >= 15 is 0 Å². The number of rotatable bonds is 7. The number of nitrogen functional groups attached to an aromatic ring is 1. The van der Waals surface area contributed by atoms with Crippen LogP contribution in [0.3, 0.4) is 0 Å². The molecular weight excluding hydrogens is 474 g/mol. The Morgan fingerprint density at radius 3 is 2.67 bits per heavy atom. The molecule has 0 unspecified atom stereocenters. The van der Waals surface area contributed by atoms with Crippen molar-refractivity contribution in [1.29, 1.82) is 0 Å². The van der Waals surface area contributed by atoms with Crippen LogP contribution in [0, 0.1) is 0 Å². The number of hydrogen-bond acceptors (Lipinski definition) is 9. The van der Waals surface area contributed by atoms with Gasteiger partial charge in [-0.3, -0.25) is 4.68 Å². The minimum absolute atomic E-state index is 0.00220. The van der Waals surface area contributed by atoms with Gasteiger partial charge in [0.2, 0.25) is 0 Å². The predicted octanol–water partition coefficient (Wildman–Crippen LogP) is 4.02. The number of likely N-dealkylation sites (tertiary alicyclic amines) is 1. The number of hydrogen-bond donors (Lipinski definition) is 2. The number of nitrogens with one attached hydrogen (secondary N) is 1. The van der Waals surface area contributed by atoms with Gasteiger partial charge in [0.15, 0.2) is 5.82 Å². The van der Waals surface area contributed by atoms with Crippen LogP contribution in [0.25, 0.3) is 11.1 Å². The van der Waals surface area contributed by atoms with Gasteiger partial charge in [-0.2, -0.15) is 5.10 Å². The Hall–Kier alpha value is -4.03. The van der Waals surface area contributed by atoms with Crippen LogP contribution in [0.2, 0.25) is 0 Å². The van der Waals surface area contributed by atoms with Gasteiger partial charge >= 0.3 is 6.09 Å². The van der Waals surface area contributed by atoms with Crippen molar-refractivity contribution in [3.63, 3.8) is 0 Å². The van der Waals surface area contributed by atoms with Crippen molar-refractivity contribution >= 4 is 23.5 Å². The largest absolute Gasteiger partial charge is 0.496 e. The lowest BCUT2D eigenvalue weighted by atomic mass is 10.0. The number of ether oxygens (including phenoxy) is 2. The van der Waals surface area contributed by atoms with Gasteiger partial charge in [-0.25, -0.2) is 28.5 Å². The molecule has 3 aromatic heterocycles. The Morgan fingerprint density at radius 2 is 2.03 bits per heavy atom. The van der Waals surface area contributed by atoms with Crippen molar-refractivity contribution in [1.82, 2.24) is 29.6 Å². The molecule has 1 atom stereocenters. The molecule has 0 aromatic carbocycles. The van der Waals surface area contributed by atoms with Crippen molar-refractivity contribution in [2.24, 2.45) is 0 Å². The average molecular weight is 503 g/mol. The standard InChI is InChI=1S/C23H28F2N8O3/c1-23(2,3)36-22(34)33-6-5-14(33)12-32-11-13(9-28-32)15-10-27-18(7-16(15)35-4)30-19-8-17(26)29-21(31-19)20(24)25/h7-11,14,20H,5-6,12H2,1-4H3,(H3,26,27,29,30,31)/t14-/m0/s1. The molecule has 4 rings (SSSR count). The Bertz CT molecular complexity index is 1240. The smallest absolute Gasteiger partial charge is 0.410 e. The third-order valence-corrected chi connectivity index (χ3v) is 5.41. The monoisotopic (exact) mass is 502 g/mol. The molecular formula is C23H28F2N8O3. The van der Waals surface area contributed by atoms with Crippen molar-refractivity contribution in [3.05, 3.63) is 36.5 Å². The Labute approximate surface area is 206 Å². The van der Waals surface area contributed by atoms with E-state index in [1.807, 2.05) is 27.0 Å². The summed E-state index contributed by atoms with van der Waals surface area (Å²) >= 11 is 0. The summed E-state index contributed by atoms with van der Waals surface area (Å²) in [4.78, 5) is 25.7. The van der Waals surface area contributed by atoms with Crippen molar-refractivity contribution < 1.29 is 23.0 Å². The first-order valence-electron chi connectivity index (χ1n) is 11.3. The maximum atomic E-state index is 13.0. The highest BCUT2D eigenvalue weighted by Gasteiger charge is 2.35. The van der Waals surface area contributed by atoms with Gasteiger partial charge in [0.1, 0.15) is 28.8 Å². The van der Waals surface area contributed by atoms with Gasteiger partial charge in [0.25, 0.3) is 6.43 Å². The average Bonchev–Trinajstić information content (AvgIpc) is 3.23. The molecule has 4 heterocycles. The molecule has 0 spiro atoms. The molecule has 0 bridgehead atoms. The molecule has 1 aliphatic heterocycles. The van der Waals surface area contributed by atoms with Crippen LogP contribution in [0.1, 0.15) is 39.4 Å².